The normalized spacial score (nSPS) is 11.9. The summed E-state index contributed by atoms with van der Waals surface area (Å²) in [5.74, 6) is 0.645. The molecule has 6 nitrogen and oxygen atoms in total. The summed E-state index contributed by atoms with van der Waals surface area (Å²) in [6.45, 7) is 6.59. The van der Waals surface area contributed by atoms with Gasteiger partial charge in [0.05, 0.1) is 12.0 Å². The summed E-state index contributed by atoms with van der Waals surface area (Å²) < 4.78 is 2.00. The smallest absolute Gasteiger partial charge is 0.250 e. The predicted octanol–water partition coefficient (Wildman–Crippen LogP) is 7.78. The van der Waals surface area contributed by atoms with E-state index in [1.807, 2.05) is 59.2 Å². The lowest BCUT2D eigenvalue weighted by Gasteiger charge is -2.19. The maximum atomic E-state index is 12.9. The standard InChI is InChI=1S/C35H31N5OS/c1-35(2,3)27-19-17-24(18-20-27)33-38-39-34(40(33)28-13-5-4-6-14-28)42-23-32(41)37-36-22-31-29-15-9-7-11-25(29)21-26-12-8-10-16-30(26)31/h4-22H,23H2,1-3H3,(H,37,41)/b36-22+. The molecule has 0 aliphatic carbocycles. The molecule has 1 aromatic heterocycles. The maximum absolute atomic E-state index is 12.9. The largest absolute Gasteiger partial charge is 0.272 e. The van der Waals surface area contributed by atoms with Crippen LogP contribution >= 0.6 is 11.8 Å². The molecule has 0 radical (unpaired) electrons. The lowest BCUT2D eigenvalue weighted by atomic mass is 9.87. The van der Waals surface area contributed by atoms with Crippen molar-refractivity contribution in [3.05, 3.63) is 120 Å². The van der Waals surface area contributed by atoms with Gasteiger partial charge in [-0.15, -0.1) is 10.2 Å². The van der Waals surface area contributed by atoms with Gasteiger partial charge < -0.3 is 0 Å². The molecule has 0 spiro atoms. The topological polar surface area (TPSA) is 72.2 Å². The second kappa shape index (κ2) is 11.6. The van der Waals surface area contributed by atoms with Gasteiger partial charge >= 0.3 is 0 Å². The Kier molecular flexibility index (Phi) is 7.59. The molecule has 0 fully saturated rings. The first-order valence-electron chi connectivity index (χ1n) is 13.9. The molecule has 0 aliphatic heterocycles. The molecular weight excluding hydrogens is 538 g/mol. The van der Waals surface area contributed by atoms with Crippen LogP contribution in [0.25, 0.3) is 38.6 Å². The number of carbonyl (C=O) groups is 1. The number of para-hydroxylation sites is 1. The second-order valence-corrected chi connectivity index (χ2v) is 12.1. The molecule has 7 heteroatoms. The number of benzene rings is 5. The Balaban J connectivity index is 1.22. The predicted molar refractivity (Wildman–Crippen MR) is 173 cm³/mol. The van der Waals surface area contributed by atoms with Gasteiger partial charge in [-0.25, -0.2) is 5.43 Å². The van der Waals surface area contributed by atoms with Crippen molar-refractivity contribution in [1.82, 2.24) is 20.2 Å². The summed E-state index contributed by atoms with van der Waals surface area (Å²) >= 11 is 1.33. The van der Waals surface area contributed by atoms with Gasteiger partial charge in [0.1, 0.15) is 0 Å². The molecule has 1 amide bonds. The molecule has 42 heavy (non-hydrogen) atoms. The fourth-order valence-electron chi connectivity index (χ4n) is 5.00. The van der Waals surface area contributed by atoms with E-state index in [0.29, 0.717) is 5.16 Å². The molecule has 1 N–H and O–H groups in total. The summed E-state index contributed by atoms with van der Waals surface area (Å²) in [6.07, 6.45) is 1.74. The Morgan fingerprint density at radius 2 is 1.45 bits per heavy atom. The molecule has 208 valence electrons. The summed E-state index contributed by atoms with van der Waals surface area (Å²) in [4.78, 5) is 12.9. The minimum Gasteiger partial charge on any atom is -0.272 e. The van der Waals surface area contributed by atoms with Crippen LogP contribution in [0.4, 0.5) is 0 Å². The number of nitrogens with one attached hydrogen (secondary N) is 1. The van der Waals surface area contributed by atoms with Gasteiger partial charge in [-0.2, -0.15) is 5.10 Å². The minimum atomic E-state index is -0.223. The van der Waals surface area contributed by atoms with E-state index in [4.69, 9.17) is 0 Å². The van der Waals surface area contributed by atoms with Crippen molar-refractivity contribution in [1.29, 1.82) is 0 Å². The second-order valence-electron chi connectivity index (χ2n) is 11.1. The monoisotopic (exact) mass is 569 g/mol. The number of hydrazone groups is 1. The van der Waals surface area contributed by atoms with E-state index >= 15 is 0 Å². The summed E-state index contributed by atoms with van der Waals surface area (Å²) in [5.41, 5.74) is 6.88. The van der Waals surface area contributed by atoms with Crippen LogP contribution in [0.2, 0.25) is 0 Å². The van der Waals surface area contributed by atoms with Crippen LogP contribution in [0.3, 0.4) is 0 Å². The Morgan fingerprint density at radius 1 is 0.833 bits per heavy atom. The third-order valence-corrected chi connectivity index (χ3v) is 8.11. The van der Waals surface area contributed by atoms with Gasteiger partial charge in [0.2, 0.25) is 0 Å². The van der Waals surface area contributed by atoms with Gasteiger partial charge in [-0.3, -0.25) is 9.36 Å². The van der Waals surface area contributed by atoms with Gasteiger partial charge in [-0.1, -0.05) is 124 Å². The number of nitrogens with zero attached hydrogens (tertiary/aromatic N) is 4. The van der Waals surface area contributed by atoms with Crippen molar-refractivity contribution in [3.8, 4) is 17.1 Å². The highest BCUT2D eigenvalue weighted by atomic mass is 32.2. The van der Waals surface area contributed by atoms with E-state index < -0.39 is 0 Å². The van der Waals surface area contributed by atoms with Crippen molar-refractivity contribution in [2.75, 3.05) is 5.75 Å². The number of amides is 1. The molecule has 0 atom stereocenters. The Labute approximate surface area is 249 Å². The first kappa shape index (κ1) is 27.4. The van der Waals surface area contributed by atoms with Crippen LogP contribution in [-0.2, 0) is 10.2 Å². The molecule has 5 aromatic carbocycles. The maximum Gasteiger partial charge on any atom is 0.250 e. The number of hydrogen-bond donors (Lipinski definition) is 1. The molecule has 0 saturated heterocycles. The van der Waals surface area contributed by atoms with Crippen molar-refractivity contribution in [3.63, 3.8) is 0 Å². The van der Waals surface area contributed by atoms with E-state index in [1.54, 1.807) is 6.21 Å². The number of aromatic nitrogens is 3. The first-order chi connectivity index (χ1) is 20.4. The van der Waals surface area contributed by atoms with Crippen LogP contribution < -0.4 is 5.43 Å². The highest BCUT2D eigenvalue weighted by Crippen LogP contribution is 2.30. The van der Waals surface area contributed by atoms with Crippen LogP contribution in [0.5, 0.6) is 0 Å². The molecule has 0 unspecified atom stereocenters. The van der Waals surface area contributed by atoms with Crippen molar-refractivity contribution < 1.29 is 4.79 Å². The third-order valence-electron chi connectivity index (χ3n) is 7.19. The molecule has 0 aliphatic rings. The minimum absolute atomic E-state index is 0.0587. The van der Waals surface area contributed by atoms with E-state index in [2.05, 4.69) is 96.1 Å². The summed E-state index contributed by atoms with van der Waals surface area (Å²) in [7, 11) is 0. The lowest BCUT2D eigenvalue weighted by Crippen LogP contribution is -2.20. The van der Waals surface area contributed by atoms with Crippen LogP contribution in [0.1, 0.15) is 31.9 Å². The van der Waals surface area contributed by atoms with E-state index in [9.17, 15) is 4.79 Å². The van der Waals surface area contributed by atoms with Gasteiger partial charge in [0.25, 0.3) is 5.91 Å². The van der Waals surface area contributed by atoms with Crippen molar-refractivity contribution in [2.24, 2.45) is 5.10 Å². The summed E-state index contributed by atoms with van der Waals surface area (Å²) in [6, 6.07) is 37.0. The van der Waals surface area contributed by atoms with Crippen molar-refractivity contribution in [2.45, 2.75) is 31.3 Å². The first-order valence-corrected chi connectivity index (χ1v) is 14.8. The molecule has 1 heterocycles. The fourth-order valence-corrected chi connectivity index (χ4v) is 5.74. The van der Waals surface area contributed by atoms with Crippen LogP contribution in [0, 0.1) is 0 Å². The molecular formula is C35H31N5OS. The van der Waals surface area contributed by atoms with Gasteiger partial charge in [-0.05, 0) is 50.7 Å². The zero-order valence-corrected chi connectivity index (χ0v) is 24.6. The fraction of sp³-hybridized carbons (Fsp3) is 0.143. The Hall–Kier alpha value is -4.75. The Bertz CT molecular complexity index is 1850. The van der Waals surface area contributed by atoms with E-state index in [1.165, 1.54) is 17.3 Å². The average Bonchev–Trinajstić information content (AvgIpc) is 3.44. The summed E-state index contributed by atoms with van der Waals surface area (Å²) in [5, 5.41) is 18.4. The van der Waals surface area contributed by atoms with Crippen LogP contribution in [0.15, 0.2) is 119 Å². The molecule has 0 bridgehead atoms. The van der Waals surface area contributed by atoms with Crippen molar-refractivity contribution >= 4 is 45.4 Å². The number of carbonyl (C=O) groups excluding carboxylic acids is 1. The average molecular weight is 570 g/mol. The van der Waals surface area contributed by atoms with Crippen LogP contribution in [-0.4, -0.2) is 32.6 Å². The van der Waals surface area contributed by atoms with E-state index in [-0.39, 0.29) is 17.1 Å². The SMILES string of the molecule is CC(C)(C)c1ccc(-c2nnc(SCC(=O)N/N=C/c3c4ccccc4cc4ccccc34)n2-c2ccccc2)cc1. The zero-order chi connectivity index (χ0) is 29.1. The number of thioether (sulfide) groups is 1. The lowest BCUT2D eigenvalue weighted by molar-refractivity contribution is -0.118. The van der Waals surface area contributed by atoms with Gasteiger partial charge in [0.15, 0.2) is 11.0 Å². The quantitative estimate of drug-likeness (QED) is 0.0922. The molecule has 0 saturated carbocycles. The zero-order valence-electron chi connectivity index (χ0n) is 23.8. The molecule has 6 rings (SSSR count). The van der Waals surface area contributed by atoms with Gasteiger partial charge in [0, 0.05) is 16.8 Å². The highest BCUT2D eigenvalue weighted by Gasteiger charge is 2.19. The highest BCUT2D eigenvalue weighted by molar-refractivity contribution is 7.99. The third kappa shape index (κ3) is 5.69. The number of rotatable bonds is 7. The van der Waals surface area contributed by atoms with E-state index in [0.717, 1.165) is 44.2 Å². The Morgan fingerprint density at radius 3 is 2.10 bits per heavy atom. The number of hydrogen-bond acceptors (Lipinski definition) is 5. The molecule has 6 aromatic rings. The number of fused-ring (bicyclic) bond motifs is 2.